The van der Waals surface area contributed by atoms with Gasteiger partial charge in [0.15, 0.2) is 0 Å². The van der Waals surface area contributed by atoms with Gasteiger partial charge < -0.3 is 21.7 Å². The molecule has 6 N–H and O–H groups in total. The SMILES string of the molecule is CNc1nc(N)nc(NC(=O)Nc2ccc(Cc3ccc(NC(C)=O)cc3)cc2)n1. The molecule has 0 spiro atoms. The summed E-state index contributed by atoms with van der Waals surface area (Å²) in [4.78, 5) is 35.0. The van der Waals surface area contributed by atoms with Crippen LogP contribution in [0.3, 0.4) is 0 Å². The molecule has 154 valence electrons. The number of rotatable bonds is 6. The van der Waals surface area contributed by atoms with Gasteiger partial charge in [0, 0.05) is 25.3 Å². The van der Waals surface area contributed by atoms with Gasteiger partial charge in [-0.25, -0.2) is 4.79 Å². The highest BCUT2D eigenvalue weighted by atomic mass is 16.2. The first kappa shape index (κ1) is 20.5. The second kappa shape index (κ2) is 9.32. The van der Waals surface area contributed by atoms with Gasteiger partial charge in [-0.15, -0.1) is 0 Å². The van der Waals surface area contributed by atoms with E-state index in [2.05, 4.69) is 36.2 Å². The van der Waals surface area contributed by atoms with Crippen LogP contribution in [0.25, 0.3) is 0 Å². The number of carbonyl (C=O) groups excluding carboxylic acids is 2. The van der Waals surface area contributed by atoms with E-state index >= 15 is 0 Å². The lowest BCUT2D eigenvalue weighted by Gasteiger charge is -2.09. The zero-order valence-electron chi connectivity index (χ0n) is 16.6. The summed E-state index contributed by atoms with van der Waals surface area (Å²) in [6.45, 7) is 1.48. The van der Waals surface area contributed by atoms with Gasteiger partial charge in [0.1, 0.15) is 0 Å². The molecular formula is C20H22N8O2. The molecule has 30 heavy (non-hydrogen) atoms. The molecule has 0 aliphatic carbocycles. The number of aromatic nitrogens is 3. The van der Waals surface area contributed by atoms with E-state index in [1.807, 2.05) is 36.4 Å². The Labute approximate surface area is 173 Å². The van der Waals surface area contributed by atoms with Gasteiger partial charge >= 0.3 is 6.03 Å². The van der Waals surface area contributed by atoms with Crippen LogP contribution in [-0.4, -0.2) is 33.9 Å². The minimum absolute atomic E-state index is 0.000824. The summed E-state index contributed by atoms with van der Waals surface area (Å²) in [6, 6.07) is 14.6. The van der Waals surface area contributed by atoms with Gasteiger partial charge in [-0.2, -0.15) is 15.0 Å². The van der Waals surface area contributed by atoms with Crippen LogP contribution >= 0.6 is 0 Å². The zero-order chi connectivity index (χ0) is 21.5. The molecule has 1 aromatic heterocycles. The molecular weight excluding hydrogens is 384 g/mol. The number of nitrogens with zero attached hydrogens (tertiary/aromatic N) is 3. The number of nitrogen functional groups attached to an aromatic ring is 1. The summed E-state index contributed by atoms with van der Waals surface area (Å²) in [6.07, 6.45) is 0.726. The van der Waals surface area contributed by atoms with Gasteiger partial charge in [0.25, 0.3) is 0 Å². The first-order valence-corrected chi connectivity index (χ1v) is 9.14. The molecule has 0 fully saturated rings. The lowest BCUT2D eigenvalue weighted by molar-refractivity contribution is -0.114. The van der Waals surface area contributed by atoms with Crippen LogP contribution in [0.5, 0.6) is 0 Å². The summed E-state index contributed by atoms with van der Waals surface area (Å²) in [5, 5.41) is 10.7. The minimum Gasteiger partial charge on any atom is -0.368 e. The Balaban J connectivity index is 1.57. The fourth-order valence-corrected chi connectivity index (χ4v) is 2.67. The number of carbonyl (C=O) groups is 2. The Bertz CT molecular complexity index is 1040. The Morgan fingerprint density at radius 1 is 0.800 bits per heavy atom. The second-order valence-corrected chi connectivity index (χ2v) is 6.42. The maximum Gasteiger partial charge on any atom is 0.326 e. The summed E-state index contributed by atoms with van der Waals surface area (Å²) in [5.74, 6) is 0.200. The van der Waals surface area contributed by atoms with Crippen molar-refractivity contribution in [3.63, 3.8) is 0 Å². The average molecular weight is 406 g/mol. The topological polar surface area (TPSA) is 147 Å². The van der Waals surface area contributed by atoms with Crippen molar-refractivity contribution in [3.8, 4) is 0 Å². The van der Waals surface area contributed by atoms with Crippen LogP contribution < -0.4 is 27.0 Å². The first-order chi connectivity index (χ1) is 14.4. The first-order valence-electron chi connectivity index (χ1n) is 9.14. The van der Waals surface area contributed by atoms with E-state index in [0.717, 1.165) is 23.2 Å². The number of hydrogen-bond acceptors (Lipinski definition) is 7. The van der Waals surface area contributed by atoms with Crippen LogP contribution in [0, 0.1) is 0 Å². The van der Waals surface area contributed by atoms with Crippen molar-refractivity contribution in [1.82, 2.24) is 15.0 Å². The maximum absolute atomic E-state index is 12.2. The van der Waals surface area contributed by atoms with Crippen molar-refractivity contribution in [1.29, 1.82) is 0 Å². The van der Waals surface area contributed by atoms with Crippen molar-refractivity contribution in [2.24, 2.45) is 0 Å². The zero-order valence-corrected chi connectivity index (χ0v) is 16.6. The second-order valence-electron chi connectivity index (χ2n) is 6.42. The van der Waals surface area contributed by atoms with Gasteiger partial charge in [-0.3, -0.25) is 10.1 Å². The summed E-state index contributed by atoms with van der Waals surface area (Å²) < 4.78 is 0. The third-order valence-electron chi connectivity index (χ3n) is 4.00. The molecule has 0 saturated carbocycles. The fourth-order valence-electron chi connectivity index (χ4n) is 2.67. The molecule has 0 radical (unpaired) electrons. The lowest BCUT2D eigenvalue weighted by Crippen LogP contribution is -2.21. The van der Waals surface area contributed by atoms with Gasteiger partial charge in [0.2, 0.25) is 23.8 Å². The van der Waals surface area contributed by atoms with Gasteiger partial charge in [-0.1, -0.05) is 24.3 Å². The summed E-state index contributed by atoms with van der Waals surface area (Å²) in [7, 11) is 1.64. The standard InChI is InChI=1S/C20H22N8O2/c1-12(29)23-15-7-3-13(4-8-15)11-14-5-9-16(10-6-14)24-20(30)28-19-26-17(21)25-18(22-2)27-19/h3-10H,11H2,1-2H3,(H,23,29)(H5,21,22,24,25,26,27,28,30). The molecule has 0 aliphatic rings. The van der Waals surface area contributed by atoms with E-state index in [1.54, 1.807) is 19.2 Å². The van der Waals surface area contributed by atoms with Crippen molar-refractivity contribution in [2.45, 2.75) is 13.3 Å². The Morgan fingerprint density at radius 3 is 1.87 bits per heavy atom. The molecule has 0 bridgehead atoms. The molecule has 3 amide bonds. The van der Waals surface area contributed by atoms with Crippen molar-refractivity contribution < 1.29 is 9.59 Å². The average Bonchev–Trinajstić information content (AvgIpc) is 2.70. The Kier molecular flexibility index (Phi) is 6.38. The van der Waals surface area contributed by atoms with Gasteiger partial charge in [0.05, 0.1) is 0 Å². The van der Waals surface area contributed by atoms with Crippen molar-refractivity contribution in [2.75, 3.05) is 34.0 Å². The number of anilines is 5. The smallest absolute Gasteiger partial charge is 0.326 e. The predicted octanol–water partition coefficient (Wildman–Crippen LogP) is 2.69. The predicted molar refractivity (Wildman–Crippen MR) is 116 cm³/mol. The van der Waals surface area contributed by atoms with E-state index in [-0.39, 0.29) is 23.8 Å². The monoisotopic (exact) mass is 406 g/mol. The molecule has 0 saturated heterocycles. The highest BCUT2D eigenvalue weighted by Crippen LogP contribution is 2.16. The highest BCUT2D eigenvalue weighted by molar-refractivity contribution is 5.98. The number of nitrogens with two attached hydrogens (primary N) is 1. The van der Waals surface area contributed by atoms with Crippen LogP contribution in [0.15, 0.2) is 48.5 Å². The molecule has 2 aromatic carbocycles. The largest absolute Gasteiger partial charge is 0.368 e. The van der Waals surface area contributed by atoms with Crippen molar-refractivity contribution >= 4 is 41.2 Å². The number of nitrogens with one attached hydrogen (secondary N) is 4. The molecule has 3 aromatic rings. The van der Waals surface area contributed by atoms with Crippen LogP contribution in [0.2, 0.25) is 0 Å². The summed E-state index contributed by atoms with van der Waals surface area (Å²) in [5.41, 5.74) is 9.15. The lowest BCUT2D eigenvalue weighted by atomic mass is 10.0. The number of amides is 3. The maximum atomic E-state index is 12.2. The van der Waals surface area contributed by atoms with Crippen molar-refractivity contribution in [3.05, 3.63) is 59.7 Å². The van der Waals surface area contributed by atoms with E-state index < -0.39 is 6.03 Å². The van der Waals surface area contributed by atoms with Crippen LogP contribution in [0.1, 0.15) is 18.1 Å². The number of benzene rings is 2. The van der Waals surface area contributed by atoms with E-state index in [9.17, 15) is 9.59 Å². The van der Waals surface area contributed by atoms with E-state index in [1.165, 1.54) is 6.92 Å². The molecule has 3 rings (SSSR count). The highest BCUT2D eigenvalue weighted by Gasteiger charge is 2.08. The number of urea groups is 1. The minimum atomic E-state index is -0.496. The molecule has 10 nitrogen and oxygen atoms in total. The quantitative estimate of drug-likeness (QED) is 0.423. The Morgan fingerprint density at radius 2 is 1.33 bits per heavy atom. The van der Waals surface area contributed by atoms with Crippen LogP contribution in [-0.2, 0) is 11.2 Å². The molecule has 0 unspecified atom stereocenters. The molecule has 0 aliphatic heterocycles. The van der Waals surface area contributed by atoms with E-state index in [4.69, 9.17) is 5.73 Å². The third-order valence-corrected chi connectivity index (χ3v) is 4.00. The normalized spacial score (nSPS) is 10.2. The Hall–Kier alpha value is -4.21. The fraction of sp³-hybridized carbons (Fsp3) is 0.150. The van der Waals surface area contributed by atoms with Gasteiger partial charge in [-0.05, 0) is 41.8 Å². The number of hydrogen-bond donors (Lipinski definition) is 5. The summed E-state index contributed by atoms with van der Waals surface area (Å²) >= 11 is 0. The molecule has 0 atom stereocenters. The van der Waals surface area contributed by atoms with E-state index in [0.29, 0.717) is 5.69 Å². The van der Waals surface area contributed by atoms with Crippen LogP contribution in [0.4, 0.5) is 34.0 Å². The molecule has 10 heteroatoms. The third kappa shape index (κ3) is 5.89. The molecule has 1 heterocycles.